The van der Waals surface area contributed by atoms with E-state index in [2.05, 4.69) is 14.9 Å². The minimum atomic E-state index is -0.0728. The molecule has 1 aliphatic carbocycles. The molecule has 1 N–H and O–H groups in total. The van der Waals surface area contributed by atoms with E-state index in [0.29, 0.717) is 18.2 Å². The molecule has 0 radical (unpaired) electrons. The molecule has 1 aliphatic rings. The summed E-state index contributed by atoms with van der Waals surface area (Å²) in [6, 6.07) is 22.0. The highest BCUT2D eigenvalue weighted by molar-refractivity contribution is 5.94. The van der Waals surface area contributed by atoms with Crippen LogP contribution in [0.4, 0.5) is 0 Å². The Hall–Kier alpha value is -3.47. The number of pyridine rings is 1. The number of carbonyl (C=O) groups is 1. The van der Waals surface area contributed by atoms with Gasteiger partial charge in [-0.3, -0.25) is 4.79 Å². The van der Waals surface area contributed by atoms with Gasteiger partial charge in [0.25, 0.3) is 5.91 Å². The average molecular weight is 396 g/mol. The molecule has 2 aromatic carbocycles. The van der Waals surface area contributed by atoms with E-state index in [1.54, 1.807) is 0 Å². The molecule has 0 atom stereocenters. The van der Waals surface area contributed by atoms with E-state index < -0.39 is 0 Å². The highest BCUT2D eigenvalue weighted by Crippen LogP contribution is 2.36. The van der Waals surface area contributed by atoms with E-state index >= 15 is 0 Å². The Morgan fingerprint density at radius 3 is 2.50 bits per heavy atom. The molecule has 1 fully saturated rings. The molecule has 0 unspecified atom stereocenters. The van der Waals surface area contributed by atoms with E-state index in [4.69, 9.17) is 4.98 Å². The molecule has 5 rings (SSSR count). The molecule has 0 saturated heterocycles. The van der Waals surface area contributed by atoms with Crippen molar-refractivity contribution in [1.82, 2.24) is 19.9 Å². The molecule has 0 bridgehead atoms. The van der Waals surface area contributed by atoms with Crippen LogP contribution >= 0.6 is 0 Å². The van der Waals surface area contributed by atoms with Crippen molar-refractivity contribution in [2.45, 2.75) is 38.3 Å². The number of nitrogens with zero attached hydrogens (tertiary/aromatic N) is 3. The lowest BCUT2D eigenvalue weighted by Crippen LogP contribution is -2.22. The number of benzene rings is 2. The van der Waals surface area contributed by atoms with Crippen LogP contribution in [0.2, 0.25) is 0 Å². The summed E-state index contributed by atoms with van der Waals surface area (Å²) in [6.07, 6.45) is 6.65. The summed E-state index contributed by atoms with van der Waals surface area (Å²) in [5, 5.41) is 2.98. The summed E-state index contributed by atoms with van der Waals surface area (Å²) < 4.78 is 2.30. The van der Waals surface area contributed by atoms with Crippen molar-refractivity contribution in [1.29, 1.82) is 0 Å². The number of amides is 1. The molecule has 30 heavy (non-hydrogen) atoms. The fourth-order valence-corrected chi connectivity index (χ4v) is 4.29. The molecule has 0 aliphatic heterocycles. The van der Waals surface area contributed by atoms with Gasteiger partial charge in [-0.2, -0.15) is 0 Å². The monoisotopic (exact) mass is 396 g/mol. The zero-order valence-corrected chi connectivity index (χ0v) is 16.8. The maximum absolute atomic E-state index is 12.5. The molecule has 2 aromatic heterocycles. The maximum Gasteiger partial charge on any atom is 0.251 e. The van der Waals surface area contributed by atoms with Gasteiger partial charge >= 0.3 is 0 Å². The smallest absolute Gasteiger partial charge is 0.251 e. The predicted molar refractivity (Wildman–Crippen MR) is 118 cm³/mol. The first-order valence-electron chi connectivity index (χ1n) is 10.5. The summed E-state index contributed by atoms with van der Waals surface area (Å²) in [6.45, 7) is 0.518. The number of imidazole rings is 1. The van der Waals surface area contributed by atoms with Crippen LogP contribution in [0.1, 0.15) is 47.6 Å². The first-order chi connectivity index (χ1) is 14.8. The highest BCUT2D eigenvalue weighted by atomic mass is 16.1. The number of aromatic nitrogens is 3. The average Bonchev–Trinajstić information content (AvgIpc) is 3.46. The molecule has 5 nitrogen and oxygen atoms in total. The van der Waals surface area contributed by atoms with E-state index in [1.807, 2.05) is 72.9 Å². The summed E-state index contributed by atoms with van der Waals surface area (Å²) >= 11 is 0. The van der Waals surface area contributed by atoms with Crippen molar-refractivity contribution < 1.29 is 4.79 Å². The minimum Gasteiger partial charge on any atom is -0.348 e. The molecular formula is C25H24N4O. The third-order valence-corrected chi connectivity index (χ3v) is 5.84. The lowest BCUT2D eigenvalue weighted by molar-refractivity contribution is 0.0951. The van der Waals surface area contributed by atoms with E-state index in [1.165, 1.54) is 12.8 Å². The molecule has 150 valence electrons. The summed E-state index contributed by atoms with van der Waals surface area (Å²) in [5.74, 6) is 0.864. The standard InChI is InChI=1S/C25H24N4O/c30-25(27-17-18-7-2-1-3-8-18)20-14-12-19(13-15-20)23-28-22-11-6-16-26-24(22)29(23)21-9-4-5-10-21/h1-3,6-8,11-16,21H,4-5,9-10,17H2,(H,27,30). The van der Waals surface area contributed by atoms with Crippen LogP contribution < -0.4 is 5.32 Å². The Bertz CT molecular complexity index is 1160. The van der Waals surface area contributed by atoms with Gasteiger partial charge in [-0.25, -0.2) is 9.97 Å². The van der Waals surface area contributed by atoms with Gasteiger partial charge in [-0.15, -0.1) is 0 Å². The molecule has 2 heterocycles. The van der Waals surface area contributed by atoms with Crippen molar-refractivity contribution in [3.05, 3.63) is 84.1 Å². The third kappa shape index (κ3) is 3.59. The SMILES string of the molecule is O=C(NCc1ccccc1)c1ccc(-c2nc3cccnc3n2C2CCCC2)cc1. The topological polar surface area (TPSA) is 59.8 Å². The minimum absolute atomic E-state index is 0.0728. The highest BCUT2D eigenvalue weighted by Gasteiger charge is 2.24. The van der Waals surface area contributed by atoms with E-state index in [9.17, 15) is 4.79 Å². The third-order valence-electron chi connectivity index (χ3n) is 5.84. The Balaban J connectivity index is 1.41. The maximum atomic E-state index is 12.5. The Kier molecular flexibility index (Phi) is 5.01. The number of fused-ring (bicyclic) bond motifs is 1. The van der Waals surface area contributed by atoms with Gasteiger partial charge < -0.3 is 9.88 Å². The van der Waals surface area contributed by atoms with Crippen LogP contribution in [0.25, 0.3) is 22.6 Å². The number of hydrogen-bond donors (Lipinski definition) is 1. The molecule has 1 amide bonds. The predicted octanol–water partition coefficient (Wildman–Crippen LogP) is 5.14. The van der Waals surface area contributed by atoms with Gasteiger partial charge in [0.2, 0.25) is 0 Å². The van der Waals surface area contributed by atoms with Gasteiger partial charge in [0, 0.05) is 29.9 Å². The Morgan fingerprint density at radius 1 is 0.967 bits per heavy atom. The number of hydrogen-bond acceptors (Lipinski definition) is 3. The molecule has 4 aromatic rings. The Morgan fingerprint density at radius 2 is 1.73 bits per heavy atom. The summed E-state index contributed by atoms with van der Waals surface area (Å²) in [4.78, 5) is 22.0. The second-order valence-corrected chi connectivity index (χ2v) is 7.84. The normalized spacial score (nSPS) is 14.3. The fourth-order valence-electron chi connectivity index (χ4n) is 4.29. The second kappa shape index (κ2) is 8.11. The van der Waals surface area contributed by atoms with Crippen LogP contribution in [0, 0.1) is 0 Å². The van der Waals surface area contributed by atoms with Gasteiger partial charge in [0.15, 0.2) is 5.65 Å². The first-order valence-corrected chi connectivity index (χ1v) is 10.5. The van der Waals surface area contributed by atoms with Gasteiger partial charge in [-0.1, -0.05) is 55.3 Å². The van der Waals surface area contributed by atoms with Crippen LogP contribution in [0.3, 0.4) is 0 Å². The number of carbonyl (C=O) groups excluding carboxylic acids is 1. The van der Waals surface area contributed by atoms with Gasteiger partial charge in [0.1, 0.15) is 11.3 Å². The van der Waals surface area contributed by atoms with E-state index in [-0.39, 0.29) is 5.91 Å². The summed E-state index contributed by atoms with van der Waals surface area (Å²) in [5.41, 5.74) is 4.62. The lowest BCUT2D eigenvalue weighted by Gasteiger charge is -2.16. The van der Waals surface area contributed by atoms with Crippen LogP contribution in [0.15, 0.2) is 72.9 Å². The summed E-state index contributed by atoms with van der Waals surface area (Å²) in [7, 11) is 0. The van der Waals surface area contributed by atoms with Crippen molar-refractivity contribution >= 4 is 17.1 Å². The zero-order chi connectivity index (χ0) is 20.3. The largest absolute Gasteiger partial charge is 0.348 e. The fraction of sp³-hybridized carbons (Fsp3) is 0.240. The zero-order valence-electron chi connectivity index (χ0n) is 16.8. The van der Waals surface area contributed by atoms with Crippen molar-refractivity contribution in [2.75, 3.05) is 0 Å². The van der Waals surface area contributed by atoms with Crippen LogP contribution in [0.5, 0.6) is 0 Å². The van der Waals surface area contributed by atoms with Crippen molar-refractivity contribution in [3.63, 3.8) is 0 Å². The Labute approximate surface area is 175 Å². The van der Waals surface area contributed by atoms with Crippen LogP contribution in [-0.4, -0.2) is 20.4 Å². The first kappa shape index (κ1) is 18.6. The quantitative estimate of drug-likeness (QED) is 0.508. The van der Waals surface area contributed by atoms with E-state index in [0.717, 1.165) is 41.0 Å². The number of rotatable bonds is 5. The molecule has 0 spiro atoms. The number of nitrogens with one attached hydrogen (secondary N) is 1. The van der Waals surface area contributed by atoms with Crippen molar-refractivity contribution in [3.8, 4) is 11.4 Å². The van der Waals surface area contributed by atoms with Crippen LogP contribution in [-0.2, 0) is 6.54 Å². The van der Waals surface area contributed by atoms with Crippen molar-refractivity contribution in [2.24, 2.45) is 0 Å². The van der Waals surface area contributed by atoms with Gasteiger partial charge in [-0.05, 0) is 42.7 Å². The van der Waals surface area contributed by atoms with Gasteiger partial charge in [0.05, 0.1) is 0 Å². The molecule has 1 saturated carbocycles. The molecular weight excluding hydrogens is 372 g/mol. The second-order valence-electron chi connectivity index (χ2n) is 7.84. The lowest BCUT2D eigenvalue weighted by atomic mass is 10.1. The molecule has 5 heteroatoms.